The minimum atomic E-state index is -0.551. The van der Waals surface area contributed by atoms with Gasteiger partial charge in [-0.1, -0.05) is 5.16 Å². The Morgan fingerprint density at radius 2 is 2.10 bits per heavy atom. The van der Waals surface area contributed by atoms with Gasteiger partial charge in [0.1, 0.15) is 22.9 Å². The summed E-state index contributed by atoms with van der Waals surface area (Å²) in [4.78, 5) is 30.2. The van der Waals surface area contributed by atoms with Crippen LogP contribution in [0.25, 0.3) is 0 Å². The second kappa shape index (κ2) is 7.57. The van der Waals surface area contributed by atoms with E-state index in [1.807, 2.05) is 26.8 Å². The van der Waals surface area contributed by atoms with Crippen LogP contribution in [-0.4, -0.2) is 62.5 Å². The zero-order chi connectivity index (χ0) is 21.6. The van der Waals surface area contributed by atoms with Gasteiger partial charge in [0.05, 0.1) is 18.1 Å². The van der Waals surface area contributed by atoms with Crippen molar-refractivity contribution < 1.29 is 24.1 Å². The van der Waals surface area contributed by atoms with E-state index in [1.54, 1.807) is 11.8 Å². The maximum Gasteiger partial charge on any atom is 0.413 e. The van der Waals surface area contributed by atoms with E-state index in [-0.39, 0.29) is 30.1 Å². The molecule has 3 fully saturated rings. The fraction of sp³-hybridized carbons (Fsp3) is 0.700. The van der Waals surface area contributed by atoms with E-state index in [1.165, 1.54) is 0 Å². The smallest absolute Gasteiger partial charge is 0.413 e. The zero-order valence-corrected chi connectivity index (χ0v) is 17.8. The molecule has 10 heteroatoms. The number of nitrogens with zero attached hydrogens (tertiary/aromatic N) is 4. The Hall–Kier alpha value is -2.62. The fourth-order valence-electron chi connectivity index (χ4n) is 4.29. The van der Waals surface area contributed by atoms with Gasteiger partial charge in [0.15, 0.2) is 0 Å². The van der Waals surface area contributed by atoms with Crippen LogP contribution < -0.4 is 5.32 Å². The Labute approximate surface area is 175 Å². The van der Waals surface area contributed by atoms with Crippen molar-refractivity contribution in [1.82, 2.24) is 20.4 Å². The van der Waals surface area contributed by atoms with E-state index >= 15 is 0 Å². The van der Waals surface area contributed by atoms with Crippen LogP contribution in [0.15, 0.2) is 15.6 Å². The van der Waals surface area contributed by atoms with E-state index in [0.29, 0.717) is 12.4 Å². The van der Waals surface area contributed by atoms with Crippen LogP contribution in [0, 0.1) is 0 Å². The number of alkyl carbamates (subject to hydrolysis) is 1. The summed E-state index contributed by atoms with van der Waals surface area (Å²) in [6.07, 6.45) is 2.61. The quantitative estimate of drug-likeness (QED) is 0.441. The number of aromatic nitrogens is 1. The molecule has 0 aromatic carbocycles. The first-order valence-corrected chi connectivity index (χ1v) is 10.4. The van der Waals surface area contributed by atoms with Crippen molar-refractivity contribution in [2.45, 2.75) is 83.0 Å². The van der Waals surface area contributed by atoms with E-state index in [4.69, 9.17) is 9.26 Å². The summed E-state index contributed by atoms with van der Waals surface area (Å²) >= 11 is 0. The molecule has 0 radical (unpaired) electrons. The van der Waals surface area contributed by atoms with Gasteiger partial charge >= 0.3 is 12.1 Å². The molecule has 0 spiro atoms. The lowest BCUT2D eigenvalue weighted by Crippen LogP contribution is -2.36. The third kappa shape index (κ3) is 4.14. The molecule has 3 heterocycles. The fourth-order valence-corrected chi connectivity index (χ4v) is 4.29. The zero-order valence-electron chi connectivity index (χ0n) is 17.8. The number of amidine groups is 1. The van der Waals surface area contributed by atoms with Crippen molar-refractivity contribution in [3.8, 4) is 0 Å². The number of hydroxylamine groups is 2. The van der Waals surface area contributed by atoms with Crippen LogP contribution in [0.5, 0.6) is 0 Å². The average Bonchev–Trinajstić information content (AvgIpc) is 3.17. The lowest BCUT2D eigenvalue weighted by atomic mass is 9.79. The van der Waals surface area contributed by atoms with E-state index in [0.717, 1.165) is 42.2 Å². The molecule has 2 N–H and O–H groups in total. The maximum atomic E-state index is 12.2. The Morgan fingerprint density at radius 3 is 2.80 bits per heavy atom. The van der Waals surface area contributed by atoms with Gasteiger partial charge in [-0.05, 0) is 53.4 Å². The molecule has 2 atom stereocenters. The molecular formula is C20H29N5O5. The molecule has 4 rings (SSSR count). The molecule has 3 aliphatic rings. The molecule has 1 aromatic rings. The number of nitrogens with one attached hydrogen (secondary N) is 1. The van der Waals surface area contributed by atoms with Gasteiger partial charge in [0, 0.05) is 18.5 Å². The molecule has 1 aliphatic carbocycles. The summed E-state index contributed by atoms with van der Waals surface area (Å²) in [5, 5.41) is 17.5. The minimum Gasteiger partial charge on any atom is -0.444 e. The summed E-state index contributed by atoms with van der Waals surface area (Å²) in [7, 11) is 0. The van der Waals surface area contributed by atoms with Crippen LogP contribution >= 0.6 is 0 Å². The summed E-state index contributed by atoms with van der Waals surface area (Å²) in [5.74, 6) is 1.54. The molecular weight excluding hydrogens is 390 g/mol. The largest absolute Gasteiger partial charge is 0.444 e. The lowest BCUT2D eigenvalue weighted by molar-refractivity contribution is -0.0584. The summed E-state index contributed by atoms with van der Waals surface area (Å²) in [6, 6.07) is 1.39. The molecule has 0 unspecified atom stereocenters. The van der Waals surface area contributed by atoms with Crippen LogP contribution in [0.1, 0.15) is 76.8 Å². The van der Waals surface area contributed by atoms with Gasteiger partial charge in [0.25, 0.3) is 0 Å². The molecule has 2 saturated heterocycles. The summed E-state index contributed by atoms with van der Waals surface area (Å²) in [5.41, 5.74) is 0.187. The van der Waals surface area contributed by atoms with Crippen molar-refractivity contribution in [2.24, 2.45) is 4.99 Å². The number of urea groups is 1. The molecule has 164 valence electrons. The van der Waals surface area contributed by atoms with Crippen LogP contribution in [0.3, 0.4) is 0 Å². The Kier molecular flexibility index (Phi) is 5.21. The predicted molar refractivity (Wildman–Crippen MR) is 106 cm³/mol. The van der Waals surface area contributed by atoms with E-state index in [2.05, 4.69) is 15.5 Å². The Balaban J connectivity index is 1.30. The highest BCUT2D eigenvalue weighted by Gasteiger charge is 2.46. The molecule has 1 saturated carbocycles. The number of aliphatic imine (C=N–C) groups is 1. The highest BCUT2D eigenvalue weighted by atomic mass is 16.6. The van der Waals surface area contributed by atoms with Crippen LogP contribution in [-0.2, 0) is 4.74 Å². The normalized spacial score (nSPS) is 29.1. The number of piperidine rings is 1. The van der Waals surface area contributed by atoms with Crippen molar-refractivity contribution >= 4 is 18.0 Å². The molecule has 2 bridgehead atoms. The summed E-state index contributed by atoms with van der Waals surface area (Å²) in [6.45, 7) is 7.70. The highest BCUT2D eigenvalue weighted by Crippen LogP contribution is 2.42. The number of ether oxygens (including phenoxy) is 1. The van der Waals surface area contributed by atoms with Gasteiger partial charge in [-0.15, -0.1) is 0 Å². The highest BCUT2D eigenvalue weighted by molar-refractivity contribution is 5.94. The SMILES string of the molecule is CC(=NC1CC(c2cc([C@@H]3CC[C@@H]4CN3C(=O)N4O)no2)C1)NC(=O)OC(C)(C)C. The second-order valence-electron chi connectivity index (χ2n) is 9.34. The topological polar surface area (TPSA) is 121 Å². The first-order valence-electron chi connectivity index (χ1n) is 10.4. The Morgan fingerprint density at radius 1 is 1.37 bits per heavy atom. The first-order chi connectivity index (χ1) is 14.1. The number of carbonyl (C=O) groups is 2. The maximum absolute atomic E-state index is 12.2. The molecule has 10 nitrogen and oxygen atoms in total. The van der Waals surface area contributed by atoms with Crippen molar-refractivity contribution in [3.63, 3.8) is 0 Å². The van der Waals surface area contributed by atoms with Gasteiger partial charge < -0.3 is 14.2 Å². The third-order valence-corrected chi connectivity index (χ3v) is 5.81. The number of hydrogen-bond acceptors (Lipinski definition) is 7. The molecule has 1 aromatic heterocycles. The van der Waals surface area contributed by atoms with Gasteiger partial charge in [-0.25, -0.2) is 14.7 Å². The van der Waals surface area contributed by atoms with Gasteiger partial charge in [-0.3, -0.25) is 15.5 Å². The van der Waals surface area contributed by atoms with Crippen LogP contribution in [0.2, 0.25) is 0 Å². The monoisotopic (exact) mass is 419 g/mol. The van der Waals surface area contributed by atoms with Crippen molar-refractivity contribution in [1.29, 1.82) is 0 Å². The third-order valence-electron chi connectivity index (χ3n) is 5.81. The number of amides is 3. The van der Waals surface area contributed by atoms with Crippen LogP contribution in [0.4, 0.5) is 9.59 Å². The Bertz CT molecular complexity index is 854. The van der Waals surface area contributed by atoms with Crippen molar-refractivity contribution in [3.05, 3.63) is 17.5 Å². The number of rotatable bonds is 3. The average molecular weight is 419 g/mol. The standard InChI is InChI=1S/C20H29N5O5/c1-11(22-18(26)29-20(2,3)4)21-13-7-12(8-13)17-9-15(23-30-17)16-6-5-14-10-24(16)19(27)25(14)28/h9,12-14,16,28H,5-8,10H2,1-4H3,(H,21,22,26)/t12?,13?,14-,16+/m1/s1. The van der Waals surface area contributed by atoms with Gasteiger partial charge in [0.2, 0.25) is 0 Å². The predicted octanol–water partition coefficient (Wildman–Crippen LogP) is 3.19. The van der Waals surface area contributed by atoms with E-state index in [9.17, 15) is 14.8 Å². The number of fused-ring (bicyclic) bond motifs is 2. The lowest BCUT2D eigenvalue weighted by Gasteiger charge is -2.31. The first kappa shape index (κ1) is 20.6. The molecule has 2 aliphatic heterocycles. The minimum absolute atomic E-state index is 0.108. The number of carbonyl (C=O) groups excluding carboxylic acids is 2. The van der Waals surface area contributed by atoms with Gasteiger partial charge in [-0.2, -0.15) is 0 Å². The number of hydrogen-bond donors (Lipinski definition) is 2. The van der Waals surface area contributed by atoms with Crippen molar-refractivity contribution in [2.75, 3.05) is 6.54 Å². The second-order valence-corrected chi connectivity index (χ2v) is 9.34. The summed E-state index contributed by atoms with van der Waals surface area (Å²) < 4.78 is 10.8. The molecule has 30 heavy (non-hydrogen) atoms. The van der Waals surface area contributed by atoms with E-state index < -0.39 is 11.7 Å². The molecule has 3 amide bonds.